The molecule has 0 saturated carbocycles. The zero-order valence-corrected chi connectivity index (χ0v) is 30.8. The first kappa shape index (κ1) is 41.4. The molecule has 3 unspecified atom stereocenters. The molecule has 0 heterocycles. The molecule has 0 aromatic heterocycles. The van der Waals surface area contributed by atoms with E-state index in [1.807, 2.05) is 18.2 Å². The molecule has 4 amide bonds. The van der Waals surface area contributed by atoms with Crippen molar-refractivity contribution in [2.45, 2.75) is 118 Å². The first-order valence-corrected chi connectivity index (χ1v) is 16.8. The maximum atomic E-state index is 13.4. The molecule has 13 heteroatoms. The van der Waals surface area contributed by atoms with E-state index in [0.29, 0.717) is 5.56 Å². The van der Waals surface area contributed by atoms with Crippen LogP contribution in [0.15, 0.2) is 48.5 Å². The smallest absolute Gasteiger partial charge is 0.408 e. The molecule has 0 bridgehead atoms. The number of amides is 4. The summed E-state index contributed by atoms with van der Waals surface area (Å²) in [6, 6.07) is 11.1. The topological polar surface area (TPSA) is 181 Å². The molecule has 0 spiro atoms. The van der Waals surface area contributed by atoms with Crippen LogP contribution >= 0.6 is 0 Å². The summed E-state index contributed by atoms with van der Waals surface area (Å²) < 4.78 is 16.2. The maximum Gasteiger partial charge on any atom is 0.408 e. The van der Waals surface area contributed by atoms with Crippen molar-refractivity contribution in [3.63, 3.8) is 0 Å². The Hall–Kier alpha value is -4.81. The molecule has 13 nitrogen and oxygen atoms in total. The zero-order chi connectivity index (χ0) is 37.8. The van der Waals surface area contributed by atoms with Crippen molar-refractivity contribution in [3.05, 3.63) is 59.7 Å². The summed E-state index contributed by atoms with van der Waals surface area (Å²) >= 11 is 0. The Labute approximate surface area is 295 Å². The second-order valence-electron chi connectivity index (χ2n) is 14.7. The number of hydrogen-bond acceptors (Lipinski definition) is 9. The lowest BCUT2D eigenvalue weighted by Gasteiger charge is -2.27. The molecule has 0 aliphatic heterocycles. The number of benzene rings is 2. The van der Waals surface area contributed by atoms with Gasteiger partial charge in [0.25, 0.3) is 0 Å². The SMILES string of the molecule is CC(C[C@H](Cc1ccc(O)c(NC(=O)C(NC(=O)C(C)NC(=O)OCc2ccccc2)C(C)C)c1)NC(=O)OC(C)(C)C)C(=O)OC(C)(C)C. The molecule has 276 valence electrons. The van der Waals surface area contributed by atoms with Gasteiger partial charge in [0.15, 0.2) is 0 Å². The first-order valence-electron chi connectivity index (χ1n) is 16.8. The van der Waals surface area contributed by atoms with Crippen LogP contribution in [0, 0.1) is 11.8 Å². The standard InChI is InChI=1S/C37H54N4O9/c1-22(2)30(41-31(43)24(4)38-34(46)48-21-25-14-12-11-13-15-25)32(44)40-28-20-26(16-17-29(28)42)19-27(39-35(47)50-37(8,9)10)18-23(3)33(45)49-36(5,6)7/h11-17,20,22-24,27,30,42H,18-19,21H2,1-10H3,(H,38,46)(H,39,47)(H,40,44)(H,41,43)/t23?,24?,27-,30?/m1/s1. The highest BCUT2D eigenvalue weighted by atomic mass is 16.6. The zero-order valence-electron chi connectivity index (χ0n) is 30.8. The van der Waals surface area contributed by atoms with Crippen LogP contribution in [0.2, 0.25) is 0 Å². The van der Waals surface area contributed by atoms with Gasteiger partial charge in [0, 0.05) is 6.04 Å². The van der Waals surface area contributed by atoms with E-state index in [1.54, 1.807) is 86.6 Å². The van der Waals surface area contributed by atoms with Crippen molar-refractivity contribution in [2.24, 2.45) is 11.8 Å². The van der Waals surface area contributed by atoms with Gasteiger partial charge in [0.05, 0.1) is 11.6 Å². The third-order valence-corrected chi connectivity index (χ3v) is 7.16. The van der Waals surface area contributed by atoms with Crippen molar-refractivity contribution in [1.82, 2.24) is 16.0 Å². The largest absolute Gasteiger partial charge is 0.506 e. The fourth-order valence-electron chi connectivity index (χ4n) is 4.72. The number of esters is 1. The fourth-order valence-corrected chi connectivity index (χ4v) is 4.72. The summed E-state index contributed by atoms with van der Waals surface area (Å²) in [5, 5.41) is 21.3. The number of ether oxygens (including phenoxy) is 3. The van der Waals surface area contributed by atoms with Gasteiger partial charge in [-0.2, -0.15) is 0 Å². The van der Waals surface area contributed by atoms with E-state index in [2.05, 4.69) is 21.3 Å². The molecule has 4 atom stereocenters. The average Bonchev–Trinajstić information content (AvgIpc) is 2.98. The molecule has 2 aromatic rings. The number of anilines is 1. The second kappa shape index (κ2) is 18.3. The number of carbonyl (C=O) groups excluding carboxylic acids is 5. The third-order valence-electron chi connectivity index (χ3n) is 7.16. The average molecular weight is 699 g/mol. The number of aromatic hydroxyl groups is 1. The van der Waals surface area contributed by atoms with E-state index in [9.17, 15) is 29.1 Å². The Morgan fingerprint density at radius 1 is 0.740 bits per heavy atom. The van der Waals surface area contributed by atoms with Gasteiger partial charge in [-0.25, -0.2) is 9.59 Å². The van der Waals surface area contributed by atoms with E-state index in [1.165, 1.54) is 13.0 Å². The second-order valence-corrected chi connectivity index (χ2v) is 14.7. The number of hydrogen-bond donors (Lipinski definition) is 5. The quantitative estimate of drug-likeness (QED) is 0.0955. The summed E-state index contributed by atoms with van der Waals surface area (Å²) in [5.41, 5.74) is 0.0730. The van der Waals surface area contributed by atoms with E-state index in [4.69, 9.17) is 14.2 Å². The van der Waals surface area contributed by atoms with Crippen molar-refractivity contribution in [2.75, 3.05) is 5.32 Å². The molecule has 0 aliphatic rings. The van der Waals surface area contributed by atoms with Crippen molar-refractivity contribution in [3.8, 4) is 5.75 Å². The summed E-state index contributed by atoms with van der Waals surface area (Å²) in [4.78, 5) is 64.1. The van der Waals surface area contributed by atoms with Crippen LogP contribution in [0.3, 0.4) is 0 Å². The van der Waals surface area contributed by atoms with Gasteiger partial charge in [0.2, 0.25) is 11.8 Å². The third kappa shape index (κ3) is 15.2. The van der Waals surface area contributed by atoms with Crippen LogP contribution in [0.25, 0.3) is 0 Å². The van der Waals surface area contributed by atoms with Gasteiger partial charge in [-0.15, -0.1) is 0 Å². The molecule has 0 aliphatic carbocycles. The van der Waals surface area contributed by atoms with Gasteiger partial charge in [-0.05, 0) is 90.5 Å². The Kier molecular flexibility index (Phi) is 15.1. The highest BCUT2D eigenvalue weighted by Gasteiger charge is 2.29. The highest BCUT2D eigenvalue weighted by Crippen LogP contribution is 2.27. The lowest BCUT2D eigenvalue weighted by atomic mass is 9.95. The van der Waals surface area contributed by atoms with Crippen LogP contribution in [0.5, 0.6) is 5.75 Å². The number of alkyl carbamates (subject to hydrolysis) is 2. The van der Waals surface area contributed by atoms with Crippen LogP contribution in [0.1, 0.15) is 86.8 Å². The lowest BCUT2D eigenvalue weighted by Crippen LogP contribution is -2.53. The van der Waals surface area contributed by atoms with Gasteiger partial charge in [-0.1, -0.05) is 57.2 Å². The predicted molar refractivity (Wildman–Crippen MR) is 189 cm³/mol. The van der Waals surface area contributed by atoms with Crippen LogP contribution < -0.4 is 21.3 Å². The Morgan fingerprint density at radius 3 is 1.94 bits per heavy atom. The monoisotopic (exact) mass is 698 g/mol. The van der Waals surface area contributed by atoms with Gasteiger partial charge >= 0.3 is 18.2 Å². The van der Waals surface area contributed by atoms with Crippen molar-refractivity contribution >= 4 is 35.7 Å². The van der Waals surface area contributed by atoms with Gasteiger partial charge < -0.3 is 40.6 Å². The summed E-state index contributed by atoms with van der Waals surface area (Å²) in [6.07, 6.45) is -0.994. The minimum Gasteiger partial charge on any atom is -0.506 e. The summed E-state index contributed by atoms with van der Waals surface area (Å²) in [6.45, 7) is 17.2. The molecule has 50 heavy (non-hydrogen) atoms. The number of nitrogens with one attached hydrogen (secondary N) is 4. The number of phenolic OH excluding ortho intramolecular Hbond substituents is 1. The van der Waals surface area contributed by atoms with Gasteiger partial charge in [-0.3, -0.25) is 14.4 Å². The Bertz CT molecular complexity index is 1470. The van der Waals surface area contributed by atoms with Crippen molar-refractivity contribution in [1.29, 1.82) is 0 Å². The fraction of sp³-hybridized carbons (Fsp3) is 0.541. The van der Waals surface area contributed by atoms with Crippen LogP contribution in [0.4, 0.5) is 15.3 Å². The van der Waals surface area contributed by atoms with Gasteiger partial charge in [0.1, 0.15) is 35.6 Å². The van der Waals surface area contributed by atoms with Crippen LogP contribution in [-0.4, -0.2) is 64.4 Å². The van der Waals surface area contributed by atoms with E-state index < -0.39 is 65.2 Å². The number of phenols is 1. The predicted octanol–water partition coefficient (Wildman–Crippen LogP) is 5.59. The maximum absolute atomic E-state index is 13.4. The summed E-state index contributed by atoms with van der Waals surface area (Å²) in [5.74, 6) is -2.76. The van der Waals surface area contributed by atoms with E-state index in [-0.39, 0.29) is 36.8 Å². The number of rotatable bonds is 14. The molecule has 0 saturated heterocycles. The molecule has 0 radical (unpaired) electrons. The van der Waals surface area contributed by atoms with Crippen molar-refractivity contribution < 1.29 is 43.3 Å². The molecular formula is C37H54N4O9. The number of carbonyl (C=O) groups is 5. The Morgan fingerprint density at radius 2 is 1.36 bits per heavy atom. The minimum absolute atomic E-state index is 0.0289. The van der Waals surface area contributed by atoms with E-state index in [0.717, 1.165) is 5.56 Å². The lowest BCUT2D eigenvalue weighted by molar-refractivity contribution is -0.159. The molecule has 2 aromatic carbocycles. The molecular weight excluding hydrogens is 644 g/mol. The normalized spacial score (nSPS) is 14.0. The minimum atomic E-state index is -1.02. The van der Waals surface area contributed by atoms with Crippen LogP contribution in [-0.2, 0) is 41.6 Å². The Balaban J connectivity index is 2.14. The highest BCUT2D eigenvalue weighted by molar-refractivity contribution is 5.99. The summed E-state index contributed by atoms with van der Waals surface area (Å²) in [7, 11) is 0. The molecule has 5 N–H and O–H groups in total. The molecule has 2 rings (SSSR count). The first-order chi connectivity index (χ1) is 23.1. The molecule has 0 fully saturated rings. The van der Waals surface area contributed by atoms with E-state index >= 15 is 0 Å².